The van der Waals surface area contributed by atoms with E-state index < -0.39 is 6.23 Å². The molecule has 1 aliphatic heterocycles. The molecule has 0 radical (unpaired) electrons. The molecule has 1 unspecified atom stereocenters. The number of ether oxygens (including phenoxy) is 1. The topological polar surface area (TPSA) is 68.2 Å². The van der Waals surface area contributed by atoms with Crippen molar-refractivity contribution >= 4 is 23.4 Å². The zero-order chi connectivity index (χ0) is 22.0. The van der Waals surface area contributed by atoms with E-state index >= 15 is 0 Å². The van der Waals surface area contributed by atoms with E-state index in [1.54, 1.807) is 4.90 Å². The molecule has 3 aromatic rings. The summed E-state index contributed by atoms with van der Waals surface area (Å²) < 4.78 is 6.43. The first kappa shape index (κ1) is 21.3. The van der Waals surface area contributed by atoms with Gasteiger partial charge in [-0.25, -0.2) is 0 Å². The monoisotopic (exact) mass is 434 g/mol. The average Bonchev–Trinajstić information content (AvgIpc) is 2.93. The van der Waals surface area contributed by atoms with Crippen molar-refractivity contribution < 1.29 is 9.53 Å². The summed E-state index contributed by atoms with van der Waals surface area (Å²) in [6.07, 6.45) is -0.294. The van der Waals surface area contributed by atoms with E-state index in [2.05, 4.69) is 41.2 Å². The van der Waals surface area contributed by atoms with Gasteiger partial charge in [0.2, 0.25) is 23.2 Å². The summed E-state index contributed by atoms with van der Waals surface area (Å²) in [5.41, 5.74) is 4.20. The standard InChI is InChI=1S/C24H26N4O2S/c1-5-20(29)28-19-10-8-7-9-18(19)21-22(25-24(27-26-21)31-6-2)30-23(28)17-13-11-16(12-14-17)15(3)4/h7-15,23H,5-6H2,1-4H3. The van der Waals surface area contributed by atoms with Crippen LogP contribution in [0.2, 0.25) is 0 Å². The lowest BCUT2D eigenvalue weighted by Gasteiger charge is -2.30. The maximum Gasteiger partial charge on any atom is 0.247 e. The molecule has 4 rings (SSSR count). The predicted octanol–water partition coefficient (Wildman–Crippen LogP) is 5.61. The van der Waals surface area contributed by atoms with E-state index in [4.69, 9.17) is 4.74 Å². The molecule has 0 saturated heterocycles. The first-order valence-corrected chi connectivity index (χ1v) is 11.6. The van der Waals surface area contributed by atoms with Gasteiger partial charge in [0.15, 0.2) is 5.69 Å². The highest BCUT2D eigenvalue weighted by Gasteiger charge is 2.35. The molecular formula is C24H26N4O2S. The van der Waals surface area contributed by atoms with E-state index in [1.165, 1.54) is 17.3 Å². The number of hydrogen-bond acceptors (Lipinski definition) is 6. The molecule has 0 saturated carbocycles. The van der Waals surface area contributed by atoms with Crippen LogP contribution in [0, 0.1) is 0 Å². The van der Waals surface area contributed by atoms with Crippen molar-refractivity contribution in [2.45, 2.75) is 51.4 Å². The van der Waals surface area contributed by atoms with Crippen LogP contribution in [0.5, 0.6) is 5.88 Å². The molecule has 1 amide bonds. The Labute approximate surface area is 187 Å². The molecule has 0 spiro atoms. The third-order valence-corrected chi connectivity index (χ3v) is 5.96. The van der Waals surface area contributed by atoms with Gasteiger partial charge in [-0.05, 0) is 23.3 Å². The lowest BCUT2D eigenvalue weighted by Crippen LogP contribution is -2.37. The second kappa shape index (κ2) is 9.06. The Kier molecular flexibility index (Phi) is 6.23. The Bertz CT molecular complexity index is 1090. The highest BCUT2D eigenvalue weighted by Crippen LogP contribution is 2.43. The van der Waals surface area contributed by atoms with E-state index in [0.717, 1.165) is 22.6 Å². The summed E-state index contributed by atoms with van der Waals surface area (Å²) in [5, 5.41) is 9.25. The van der Waals surface area contributed by atoms with Gasteiger partial charge in [-0.3, -0.25) is 9.69 Å². The number of nitrogens with zero attached hydrogens (tertiary/aromatic N) is 4. The van der Waals surface area contributed by atoms with Gasteiger partial charge in [-0.1, -0.05) is 81.9 Å². The lowest BCUT2D eigenvalue weighted by atomic mass is 10.0. The van der Waals surface area contributed by atoms with Crippen LogP contribution in [0.15, 0.2) is 53.7 Å². The molecule has 2 aromatic carbocycles. The fourth-order valence-corrected chi connectivity index (χ4v) is 4.11. The molecule has 2 heterocycles. The summed E-state index contributed by atoms with van der Waals surface area (Å²) in [7, 11) is 0. The van der Waals surface area contributed by atoms with Gasteiger partial charge in [0.25, 0.3) is 0 Å². The first-order chi connectivity index (χ1) is 15.0. The minimum atomic E-state index is -0.646. The van der Waals surface area contributed by atoms with Gasteiger partial charge in [-0.2, -0.15) is 4.98 Å². The maximum absolute atomic E-state index is 13.1. The third-order valence-electron chi connectivity index (χ3n) is 5.24. The Morgan fingerprint density at radius 2 is 1.84 bits per heavy atom. The van der Waals surface area contributed by atoms with Crippen molar-refractivity contribution in [1.82, 2.24) is 15.2 Å². The van der Waals surface area contributed by atoms with Crippen molar-refractivity contribution in [3.05, 3.63) is 59.7 Å². The van der Waals surface area contributed by atoms with Gasteiger partial charge in [0, 0.05) is 17.5 Å². The number of amides is 1. The highest BCUT2D eigenvalue weighted by atomic mass is 32.2. The van der Waals surface area contributed by atoms with Crippen LogP contribution < -0.4 is 9.64 Å². The smallest absolute Gasteiger partial charge is 0.247 e. The zero-order valence-electron chi connectivity index (χ0n) is 18.2. The van der Waals surface area contributed by atoms with Crippen LogP contribution in [-0.2, 0) is 4.79 Å². The molecule has 1 atom stereocenters. The maximum atomic E-state index is 13.1. The third kappa shape index (κ3) is 4.14. The summed E-state index contributed by atoms with van der Waals surface area (Å²) >= 11 is 1.50. The Morgan fingerprint density at radius 3 is 2.52 bits per heavy atom. The second-order valence-electron chi connectivity index (χ2n) is 7.61. The molecule has 1 aromatic heterocycles. The summed E-state index contributed by atoms with van der Waals surface area (Å²) in [5.74, 6) is 1.61. The van der Waals surface area contributed by atoms with Gasteiger partial charge in [-0.15, -0.1) is 10.2 Å². The van der Waals surface area contributed by atoms with E-state index in [-0.39, 0.29) is 5.91 Å². The quantitative estimate of drug-likeness (QED) is 0.486. The number of carbonyl (C=O) groups excluding carboxylic acids is 1. The second-order valence-corrected chi connectivity index (χ2v) is 8.84. The number of anilines is 1. The normalized spacial score (nSPS) is 15.1. The molecule has 7 heteroatoms. The number of thioether (sulfide) groups is 1. The fourth-order valence-electron chi connectivity index (χ4n) is 3.61. The van der Waals surface area contributed by atoms with Crippen molar-refractivity contribution in [3.8, 4) is 17.1 Å². The van der Waals surface area contributed by atoms with Crippen LogP contribution in [0.4, 0.5) is 5.69 Å². The lowest BCUT2D eigenvalue weighted by molar-refractivity contribution is -0.120. The van der Waals surface area contributed by atoms with Crippen molar-refractivity contribution in [3.63, 3.8) is 0 Å². The first-order valence-electron chi connectivity index (χ1n) is 10.6. The minimum Gasteiger partial charge on any atom is -0.447 e. The molecule has 6 nitrogen and oxygen atoms in total. The van der Waals surface area contributed by atoms with Gasteiger partial charge < -0.3 is 4.74 Å². The molecule has 0 N–H and O–H groups in total. The van der Waals surface area contributed by atoms with Crippen LogP contribution in [0.1, 0.15) is 57.4 Å². The predicted molar refractivity (Wildman–Crippen MR) is 123 cm³/mol. The number of benzene rings is 2. The van der Waals surface area contributed by atoms with Crippen molar-refractivity contribution in [2.75, 3.05) is 10.7 Å². The number of aromatic nitrogens is 3. The van der Waals surface area contributed by atoms with Crippen LogP contribution >= 0.6 is 11.8 Å². The Hall–Kier alpha value is -2.93. The van der Waals surface area contributed by atoms with Crippen LogP contribution in [0.3, 0.4) is 0 Å². The van der Waals surface area contributed by atoms with Gasteiger partial charge >= 0.3 is 0 Å². The van der Waals surface area contributed by atoms with Crippen LogP contribution in [0.25, 0.3) is 11.3 Å². The SMILES string of the molecule is CCSc1nnc2c(n1)OC(c1ccc(C(C)C)cc1)N(C(=O)CC)c1ccccc1-2. The Balaban J connectivity index is 1.90. The summed E-state index contributed by atoms with van der Waals surface area (Å²) in [6.45, 7) is 8.21. The zero-order valence-corrected chi connectivity index (χ0v) is 19.0. The van der Waals surface area contributed by atoms with Crippen LogP contribution in [-0.4, -0.2) is 26.8 Å². The van der Waals surface area contributed by atoms with Gasteiger partial charge in [0.1, 0.15) is 0 Å². The van der Waals surface area contributed by atoms with E-state index in [0.29, 0.717) is 29.1 Å². The van der Waals surface area contributed by atoms with E-state index in [9.17, 15) is 4.79 Å². The summed E-state index contributed by atoms with van der Waals surface area (Å²) in [4.78, 5) is 19.5. The highest BCUT2D eigenvalue weighted by molar-refractivity contribution is 7.99. The summed E-state index contributed by atoms with van der Waals surface area (Å²) in [6, 6.07) is 15.9. The number of carbonyl (C=O) groups is 1. The minimum absolute atomic E-state index is 0.0330. The largest absolute Gasteiger partial charge is 0.447 e. The molecule has 31 heavy (non-hydrogen) atoms. The fraction of sp³-hybridized carbons (Fsp3) is 0.333. The number of para-hydroxylation sites is 1. The van der Waals surface area contributed by atoms with Crippen molar-refractivity contribution in [2.24, 2.45) is 0 Å². The van der Waals surface area contributed by atoms with E-state index in [1.807, 2.05) is 50.2 Å². The molecule has 160 valence electrons. The molecule has 0 fully saturated rings. The number of rotatable bonds is 5. The van der Waals surface area contributed by atoms with Crippen molar-refractivity contribution in [1.29, 1.82) is 0 Å². The molecule has 0 bridgehead atoms. The van der Waals surface area contributed by atoms with Gasteiger partial charge in [0.05, 0.1) is 5.69 Å². The number of hydrogen-bond donors (Lipinski definition) is 0. The number of fused-ring (bicyclic) bond motifs is 3. The average molecular weight is 435 g/mol. The Morgan fingerprint density at radius 1 is 1.10 bits per heavy atom. The molecular weight excluding hydrogens is 408 g/mol. The molecule has 0 aliphatic carbocycles. The molecule has 1 aliphatic rings.